The van der Waals surface area contributed by atoms with Crippen molar-refractivity contribution in [2.24, 2.45) is 0 Å². The van der Waals surface area contributed by atoms with Gasteiger partial charge in [-0.05, 0) is 26.0 Å². The van der Waals surface area contributed by atoms with Gasteiger partial charge in [-0.3, -0.25) is 0 Å². The van der Waals surface area contributed by atoms with E-state index in [2.05, 4.69) is 15.5 Å². The molecule has 0 aliphatic heterocycles. The molecule has 2 N–H and O–H groups in total. The normalized spacial score (nSPS) is 10.5. The van der Waals surface area contributed by atoms with E-state index in [9.17, 15) is 4.79 Å². The second-order valence-corrected chi connectivity index (χ2v) is 3.47. The predicted molar refractivity (Wildman–Crippen MR) is 52.1 cm³/mol. The quantitative estimate of drug-likeness (QED) is 0.752. The Balaban J connectivity index is 2.83. The van der Waals surface area contributed by atoms with E-state index < -0.39 is 11.5 Å². The first-order valence-corrected chi connectivity index (χ1v) is 4.21. The number of rotatable bonds is 3. The first kappa shape index (κ1) is 10.9. The van der Waals surface area contributed by atoms with Crippen LogP contribution in [0.5, 0.6) is 0 Å². The third kappa shape index (κ3) is 2.64. The van der Waals surface area contributed by atoms with Crippen molar-refractivity contribution in [3.63, 3.8) is 0 Å². The smallest absolute Gasteiger partial charge is 0.328 e. The highest BCUT2D eigenvalue weighted by atomic mass is 16.4. The molecule has 1 aromatic rings. The van der Waals surface area contributed by atoms with Crippen molar-refractivity contribution in [2.45, 2.75) is 19.4 Å². The van der Waals surface area contributed by atoms with E-state index in [-0.39, 0.29) is 5.69 Å². The average molecular weight is 206 g/mol. The molecule has 0 unspecified atom stereocenters. The van der Waals surface area contributed by atoms with Gasteiger partial charge >= 0.3 is 5.97 Å². The van der Waals surface area contributed by atoms with Crippen LogP contribution in [-0.2, 0) is 4.79 Å². The van der Waals surface area contributed by atoms with Crippen molar-refractivity contribution in [1.29, 1.82) is 5.26 Å². The molecular formula is C9H10N4O2. The summed E-state index contributed by atoms with van der Waals surface area (Å²) in [6.07, 6.45) is 0. The summed E-state index contributed by atoms with van der Waals surface area (Å²) in [7, 11) is 0. The van der Waals surface area contributed by atoms with Gasteiger partial charge in [-0.2, -0.15) is 5.26 Å². The summed E-state index contributed by atoms with van der Waals surface area (Å²) < 4.78 is 0. The molecule has 0 amide bonds. The lowest BCUT2D eigenvalue weighted by Crippen LogP contribution is -2.40. The Morgan fingerprint density at radius 1 is 1.53 bits per heavy atom. The highest BCUT2D eigenvalue weighted by Crippen LogP contribution is 2.11. The predicted octanol–water partition coefficient (Wildman–Crippen LogP) is 0.623. The zero-order valence-corrected chi connectivity index (χ0v) is 8.35. The average Bonchev–Trinajstić information content (AvgIpc) is 2.18. The number of nitrogens with zero attached hydrogens (tertiary/aromatic N) is 3. The van der Waals surface area contributed by atoms with Crippen LogP contribution in [0, 0.1) is 11.3 Å². The lowest BCUT2D eigenvalue weighted by molar-refractivity contribution is -0.141. The molecular weight excluding hydrogens is 196 g/mol. The minimum atomic E-state index is -1.12. The molecule has 0 aliphatic rings. The van der Waals surface area contributed by atoms with Gasteiger partial charge in [-0.1, -0.05) is 0 Å². The van der Waals surface area contributed by atoms with Gasteiger partial charge in [0.1, 0.15) is 17.4 Å². The van der Waals surface area contributed by atoms with Crippen LogP contribution in [0.4, 0.5) is 5.82 Å². The standard InChI is InChI=1S/C9H10N4O2/c1-9(2,8(14)15)11-7-4-3-6(5-10)12-13-7/h3-4H,1-2H3,(H,11,13)(H,14,15). The number of hydrogen-bond donors (Lipinski definition) is 2. The van der Waals surface area contributed by atoms with Crippen LogP contribution in [0.25, 0.3) is 0 Å². The lowest BCUT2D eigenvalue weighted by Gasteiger charge is -2.20. The third-order valence-corrected chi connectivity index (χ3v) is 1.75. The van der Waals surface area contributed by atoms with Gasteiger partial charge in [-0.25, -0.2) is 4.79 Å². The van der Waals surface area contributed by atoms with Crippen molar-refractivity contribution in [2.75, 3.05) is 5.32 Å². The Morgan fingerprint density at radius 3 is 2.60 bits per heavy atom. The summed E-state index contributed by atoms with van der Waals surface area (Å²) in [5, 5.41) is 27.3. The Morgan fingerprint density at radius 2 is 2.20 bits per heavy atom. The molecule has 6 nitrogen and oxygen atoms in total. The number of carboxylic acid groups (broad SMARTS) is 1. The molecule has 0 saturated heterocycles. The molecule has 6 heteroatoms. The van der Waals surface area contributed by atoms with E-state index in [1.807, 2.05) is 6.07 Å². The van der Waals surface area contributed by atoms with Crippen LogP contribution in [0.1, 0.15) is 19.5 Å². The van der Waals surface area contributed by atoms with Crippen LogP contribution in [-0.4, -0.2) is 26.8 Å². The fourth-order valence-corrected chi connectivity index (χ4v) is 0.832. The highest BCUT2D eigenvalue weighted by molar-refractivity contribution is 5.81. The zero-order chi connectivity index (χ0) is 11.5. The number of nitriles is 1. The fraction of sp³-hybridized carbons (Fsp3) is 0.333. The maximum Gasteiger partial charge on any atom is 0.328 e. The van der Waals surface area contributed by atoms with E-state index >= 15 is 0 Å². The number of anilines is 1. The molecule has 78 valence electrons. The van der Waals surface area contributed by atoms with Gasteiger partial charge in [0.2, 0.25) is 0 Å². The topological polar surface area (TPSA) is 98.9 Å². The minimum Gasteiger partial charge on any atom is -0.480 e. The van der Waals surface area contributed by atoms with Crippen LogP contribution in [0.2, 0.25) is 0 Å². The van der Waals surface area contributed by atoms with Gasteiger partial charge in [0, 0.05) is 0 Å². The Bertz CT molecular complexity index is 405. The SMILES string of the molecule is CC(C)(Nc1ccc(C#N)nn1)C(=O)O. The van der Waals surface area contributed by atoms with Gasteiger partial charge in [0.15, 0.2) is 5.69 Å². The molecule has 0 aliphatic carbocycles. The number of aliphatic carboxylic acids is 1. The summed E-state index contributed by atoms with van der Waals surface area (Å²) in [5.41, 5.74) is -0.934. The maximum atomic E-state index is 10.8. The lowest BCUT2D eigenvalue weighted by atomic mass is 10.1. The van der Waals surface area contributed by atoms with E-state index in [0.717, 1.165) is 0 Å². The Kier molecular flexibility index (Phi) is 2.85. The number of hydrogen-bond acceptors (Lipinski definition) is 5. The largest absolute Gasteiger partial charge is 0.480 e. The first-order valence-electron chi connectivity index (χ1n) is 4.21. The Hall–Kier alpha value is -2.16. The maximum absolute atomic E-state index is 10.8. The van der Waals surface area contributed by atoms with Gasteiger partial charge in [-0.15, -0.1) is 10.2 Å². The highest BCUT2D eigenvalue weighted by Gasteiger charge is 2.27. The summed E-state index contributed by atoms with van der Waals surface area (Å²) >= 11 is 0. The first-order chi connectivity index (χ1) is 6.95. The van der Waals surface area contributed by atoms with Crippen LogP contribution in [0.15, 0.2) is 12.1 Å². The van der Waals surface area contributed by atoms with E-state index in [0.29, 0.717) is 5.82 Å². The van der Waals surface area contributed by atoms with Crippen molar-refractivity contribution < 1.29 is 9.90 Å². The summed E-state index contributed by atoms with van der Waals surface area (Å²) in [6, 6.07) is 4.80. The zero-order valence-electron chi connectivity index (χ0n) is 8.35. The molecule has 0 spiro atoms. The van der Waals surface area contributed by atoms with Crippen LogP contribution < -0.4 is 5.32 Å². The van der Waals surface area contributed by atoms with Crippen LogP contribution in [0.3, 0.4) is 0 Å². The molecule has 0 radical (unpaired) electrons. The molecule has 1 aromatic heterocycles. The molecule has 0 aromatic carbocycles. The molecule has 1 rings (SSSR count). The summed E-state index contributed by atoms with van der Waals surface area (Å²) in [6.45, 7) is 3.02. The molecule has 0 saturated carbocycles. The molecule has 0 atom stereocenters. The molecule has 0 bridgehead atoms. The number of nitrogens with one attached hydrogen (secondary N) is 1. The second kappa shape index (κ2) is 3.92. The number of aromatic nitrogens is 2. The van der Waals surface area contributed by atoms with E-state index in [4.69, 9.17) is 10.4 Å². The third-order valence-electron chi connectivity index (χ3n) is 1.75. The van der Waals surface area contributed by atoms with Gasteiger partial charge < -0.3 is 10.4 Å². The van der Waals surface area contributed by atoms with Crippen molar-refractivity contribution in [1.82, 2.24) is 10.2 Å². The summed E-state index contributed by atoms with van der Waals surface area (Å²) in [4.78, 5) is 10.8. The van der Waals surface area contributed by atoms with Crippen molar-refractivity contribution in [3.05, 3.63) is 17.8 Å². The molecule has 1 heterocycles. The van der Waals surface area contributed by atoms with Gasteiger partial charge in [0.25, 0.3) is 0 Å². The van der Waals surface area contributed by atoms with E-state index in [1.54, 1.807) is 0 Å². The van der Waals surface area contributed by atoms with Crippen LogP contribution >= 0.6 is 0 Å². The molecule has 15 heavy (non-hydrogen) atoms. The Labute approximate surface area is 86.6 Å². The fourth-order valence-electron chi connectivity index (χ4n) is 0.832. The van der Waals surface area contributed by atoms with Crippen molar-refractivity contribution in [3.8, 4) is 6.07 Å². The van der Waals surface area contributed by atoms with Crippen molar-refractivity contribution >= 4 is 11.8 Å². The summed E-state index contributed by atoms with van der Waals surface area (Å²) in [5.74, 6) is -0.671. The van der Waals surface area contributed by atoms with Gasteiger partial charge in [0.05, 0.1) is 0 Å². The monoisotopic (exact) mass is 206 g/mol. The number of carboxylic acids is 1. The minimum absolute atomic E-state index is 0.189. The second-order valence-electron chi connectivity index (χ2n) is 3.47. The molecule has 0 fully saturated rings. The van der Waals surface area contributed by atoms with E-state index in [1.165, 1.54) is 26.0 Å². The number of carbonyl (C=O) groups is 1.